The van der Waals surface area contributed by atoms with Crippen molar-refractivity contribution in [2.75, 3.05) is 0 Å². The van der Waals surface area contributed by atoms with E-state index >= 15 is 0 Å². The summed E-state index contributed by atoms with van der Waals surface area (Å²) in [5, 5.41) is 2.41. The molecular formula is C12H16Cl2S. The van der Waals surface area contributed by atoms with Crippen molar-refractivity contribution >= 4 is 34.5 Å². The van der Waals surface area contributed by atoms with Gasteiger partial charge in [0.15, 0.2) is 0 Å². The SMILES string of the molecule is CC1CCC(Cl)C(Cc2ccsc2Cl)C1. The summed E-state index contributed by atoms with van der Waals surface area (Å²) in [6.45, 7) is 2.32. The van der Waals surface area contributed by atoms with Gasteiger partial charge in [-0.25, -0.2) is 0 Å². The maximum absolute atomic E-state index is 6.38. The summed E-state index contributed by atoms with van der Waals surface area (Å²) in [5.74, 6) is 1.44. The number of rotatable bonds is 2. The van der Waals surface area contributed by atoms with E-state index in [1.807, 2.05) is 0 Å². The fourth-order valence-corrected chi connectivity index (χ4v) is 3.69. The minimum absolute atomic E-state index is 0.345. The molecule has 0 saturated heterocycles. The largest absolute Gasteiger partial charge is 0.132 e. The summed E-state index contributed by atoms with van der Waals surface area (Å²) < 4.78 is 0.942. The van der Waals surface area contributed by atoms with E-state index in [0.717, 1.165) is 23.1 Å². The molecule has 15 heavy (non-hydrogen) atoms. The Morgan fingerprint density at radius 1 is 1.47 bits per heavy atom. The number of hydrogen-bond donors (Lipinski definition) is 0. The molecule has 1 saturated carbocycles. The smallest absolute Gasteiger partial charge is 0.0960 e. The first-order chi connectivity index (χ1) is 7.16. The van der Waals surface area contributed by atoms with Crippen molar-refractivity contribution in [1.82, 2.24) is 0 Å². The highest BCUT2D eigenvalue weighted by Gasteiger charge is 2.27. The summed E-state index contributed by atoms with van der Waals surface area (Å²) in [5.41, 5.74) is 1.28. The van der Waals surface area contributed by atoms with Crippen LogP contribution >= 0.6 is 34.5 Å². The normalized spacial score (nSPS) is 31.8. The lowest BCUT2D eigenvalue weighted by molar-refractivity contribution is 0.287. The minimum atomic E-state index is 0.345. The van der Waals surface area contributed by atoms with Crippen LogP contribution < -0.4 is 0 Å². The van der Waals surface area contributed by atoms with E-state index in [1.54, 1.807) is 11.3 Å². The van der Waals surface area contributed by atoms with Gasteiger partial charge in [-0.3, -0.25) is 0 Å². The Balaban J connectivity index is 2.01. The third-order valence-corrected chi connectivity index (χ3v) is 5.15. The summed E-state index contributed by atoms with van der Waals surface area (Å²) in [4.78, 5) is 0. The predicted octanol–water partition coefficient (Wildman–Crippen LogP) is 4.99. The molecule has 3 heteroatoms. The van der Waals surface area contributed by atoms with Gasteiger partial charge in [0, 0.05) is 5.38 Å². The third kappa shape index (κ3) is 2.89. The van der Waals surface area contributed by atoms with E-state index in [4.69, 9.17) is 23.2 Å². The molecule has 0 aliphatic heterocycles. The van der Waals surface area contributed by atoms with Gasteiger partial charge in [-0.15, -0.1) is 22.9 Å². The van der Waals surface area contributed by atoms with Crippen LogP contribution in [0.3, 0.4) is 0 Å². The minimum Gasteiger partial charge on any atom is -0.132 e. The van der Waals surface area contributed by atoms with E-state index in [-0.39, 0.29) is 0 Å². The van der Waals surface area contributed by atoms with Crippen LogP contribution in [0.15, 0.2) is 11.4 Å². The highest BCUT2D eigenvalue weighted by atomic mass is 35.5. The molecule has 84 valence electrons. The molecule has 1 aliphatic rings. The van der Waals surface area contributed by atoms with Crippen LogP contribution in [0.5, 0.6) is 0 Å². The average molecular weight is 263 g/mol. The second kappa shape index (κ2) is 5.07. The van der Waals surface area contributed by atoms with Crippen molar-refractivity contribution in [2.45, 2.75) is 38.0 Å². The topological polar surface area (TPSA) is 0 Å². The van der Waals surface area contributed by atoms with Crippen molar-refractivity contribution in [3.8, 4) is 0 Å². The third-order valence-electron chi connectivity index (χ3n) is 3.33. The molecule has 3 unspecified atom stereocenters. The van der Waals surface area contributed by atoms with Gasteiger partial charge in [0.25, 0.3) is 0 Å². The molecule has 0 N–H and O–H groups in total. The van der Waals surface area contributed by atoms with E-state index in [2.05, 4.69) is 18.4 Å². The highest BCUT2D eigenvalue weighted by Crippen LogP contribution is 2.36. The van der Waals surface area contributed by atoms with Crippen LogP contribution in [0.25, 0.3) is 0 Å². The van der Waals surface area contributed by atoms with Crippen LogP contribution in [-0.2, 0) is 6.42 Å². The standard InChI is InChI=1S/C12H16Cl2S/c1-8-2-3-11(13)10(6-8)7-9-4-5-15-12(9)14/h4-5,8,10-11H,2-3,6-7H2,1H3. The Hall–Kier alpha value is 0.280. The van der Waals surface area contributed by atoms with Crippen molar-refractivity contribution in [2.24, 2.45) is 11.8 Å². The van der Waals surface area contributed by atoms with Crippen LogP contribution in [0.2, 0.25) is 4.34 Å². The van der Waals surface area contributed by atoms with Crippen molar-refractivity contribution < 1.29 is 0 Å². The lowest BCUT2D eigenvalue weighted by Crippen LogP contribution is -2.25. The van der Waals surface area contributed by atoms with E-state index in [9.17, 15) is 0 Å². The molecule has 1 aromatic heterocycles. The zero-order valence-electron chi connectivity index (χ0n) is 8.88. The number of alkyl halides is 1. The van der Waals surface area contributed by atoms with E-state index in [0.29, 0.717) is 11.3 Å². The first-order valence-corrected chi connectivity index (χ1v) is 7.22. The van der Waals surface area contributed by atoms with E-state index in [1.165, 1.54) is 18.4 Å². The Labute approximate surface area is 106 Å². The molecule has 0 amide bonds. The summed E-state index contributed by atoms with van der Waals surface area (Å²) >= 11 is 14.1. The lowest BCUT2D eigenvalue weighted by atomic mass is 9.79. The van der Waals surface area contributed by atoms with E-state index < -0.39 is 0 Å². The van der Waals surface area contributed by atoms with Gasteiger partial charge in [0.05, 0.1) is 4.34 Å². The van der Waals surface area contributed by atoms with Crippen LogP contribution in [0.4, 0.5) is 0 Å². The molecule has 3 atom stereocenters. The monoisotopic (exact) mass is 262 g/mol. The molecule has 0 nitrogen and oxygen atoms in total. The number of halogens is 2. The quantitative estimate of drug-likeness (QED) is 0.659. The Morgan fingerprint density at radius 3 is 2.93 bits per heavy atom. The highest BCUT2D eigenvalue weighted by molar-refractivity contribution is 7.14. The first-order valence-electron chi connectivity index (χ1n) is 5.52. The molecule has 1 aliphatic carbocycles. The first kappa shape index (κ1) is 11.8. The molecular weight excluding hydrogens is 247 g/mol. The predicted molar refractivity (Wildman–Crippen MR) is 69.2 cm³/mol. The lowest BCUT2D eigenvalue weighted by Gasteiger charge is -2.31. The van der Waals surface area contributed by atoms with Gasteiger partial charge in [-0.1, -0.05) is 18.5 Å². The Morgan fingerprint density at radius 2 is 2.27 bits per heavy atom. The number of hydrogen-bond acceptors (Lipinski definition) is 1. The van der Waals surface area contributed by atoms with Gasteiger partial charge in [0.2, 0.25) is 0 Å². The van der Waals surface area contributed by atoms with Crippen molar-refractivity contribution in [3.63, 3.8) is 0 Å². The molecule has 2 rings (SSSR count). The van der Waals surface area contributed by atoms with Crippen LogP contribution in [0.1, 0.15) is 31.7 Å². The average Bonchev–Trinajstić information content (AvgIpc) is 2.58. The van der Waals surface area contributed by atoms with Crippen molar-refractivity contribution in [3.05, 3.63) is 21.3 Å². The van der Waals surface area contributed by atoms with Crippen LogP contribution in [-0.4, -0.2) is 5.38 Å². The fourth-order valence-electron chi connectivity index (χ4n) is 2.42. The zero-order valence-corrected chi connectivity index (χ0v) is 11.2. The molecule has 1 heterocycles. The molecule has 1 aromatic rings. The zero-order chi connectivity index (χ0) is 10.8. The second-order valence-corrected chi connectivity index (χ2v) is 6.70. The maximum atomic E-state index is 6.38. The molecule has 0 radical (unpaired) electrons. The summed E-state index contributed by atoms with van der Waals surface area (Å²) in [7, 11) is 0. The fraction of sp³-hybridized carbons (Fsp3) is 0.667. The van der Waals surface area contributed by atoms with Gasteiger partial charge < -0.3 is 0 Å². The second-order valence-electron chi connectivity index (χ2n) is 4.62. The summed E-state index contributed by atoms with van der Waals surface area (Å²) in [6, 6.07) is 2.13. The molecule has 0 spiro atoms. The molecule has 0 bridgehead atoms. The summed E-state index contributed by atoms with van der Waals surface area (Å²) in [6.07, 6.45) is 4.75. The molecule has 0 aromatic carbocycles. The maximum Gasteiger partial charge on any atom is 0.0960 e. The Bertz CT molecular complexity index is 321. The van der Waals surface area contributed by atoms with Gasteiger partial charge >= 0.3 is 0 Å². The Kier molecular flexibility index (Phi) is 3.98. The van der Waals surface area contributed by atoms with Crippen LogP contribution in [0, 0.1) is 11.8 Å². The molecule has 1 fully saturated rings. The van der Waals surface area contributed by atoms with Gasteiger partial charge in [0.1, 0.15) is 0 Å². The van der Waals surface area contributed by atoms with Gasteiger partial charge in [-0.2, -0.15) is 0 Å². The van der Waals surface area contributed by atoms with Gasteiger partial charge in [-0.05, 0) is 54.5 Å². The van der Waals surface area contributed by atoms with Crippen molar-refractivity contribution in [1.29, 1.82) is 0 Å². The number of thiophene rings is 1.